The zero-order chi connectivity index (χ0) is 10.8. The molecule has 1 aliphatic rings. The second-order valence-electron chi connectivity index (χ2n) is 4.28. The summed E-state index contributed by atoms with van der Waals surface area (Å²) in [6, 6.07) is 21.4. The number of allylic oxidation sites excluding steroid dienone is 2. The van der Waals surface area contributed by atoms with Crippen LogP contribution in [0.1, 0.15) is 23.5 Å². The molecule has 0 bridgehead atoms. The van der Waals surface area contributed by atoms with Gasteiger partial charge in [-0.3, -0.25) is 0 Å². The second kappa shape index (κ2) is 3.97. The monoisotopic (exact) mass is 206 g/mol. The van der Waals surface area contributed by atoms with Crippen molar-refractivity contribution in [2.45, 2.75) is 12.3 Å². The highest BCUT2D eigenvalue weighted by Gasteiger charge is 2.21. The van der Waals surface area contributed by atoms with Gasteiger partial charge in [-0.1, -0.05) is 66.7 Å². The molecule has 0 fully saturated rings. The molecule has 0 spiro atoms. The van der Waals surface area contributed by atoms with Crippen LogP contribution in [0.2, 0.25) is 0 Å². The van der Waals surface area contributed by atoms with Crippen molar-refractivity contribution in [2.24, 2.45) is 0 Å². The first-order chi connectivity index (χ1) is 7.93. The Kier molecular flexibility index (Phi) is 2.34. The summed E-state index contributed by atoms with van der Waals surface area (Å²) >= 11 is 0. The van der Waals surface area contributed by atoms with Crippen LogP contribution in [-0.4, -0.2) is 0 Å². The van der Waals surface area contributed by atoms with Crippen molar-refractivity contribution in [1.82, 2.24) is 0 Å². The van der Waals surface area contributed by atoms with E-state index in [1.165, 1.54) is 23.1 Å². The van der Waals surface area contributed by atoms with Crippen LogP contribution in [0.5, 0.6) is 0 Å². The Hall–Kier alpha value is -1.82. The summed E-state index contributed by atoms with van der Waals surface area (Å²) in [6.07, 6.45) is 3.55. The number of benzene rings is 2. The highest BCUT2D eigenvalue weighted by Crippen LogP contribution is 2.40. The lowest BCUT2D eigenvalue weighted by Crippen LogP contribution is -2.07. The van der Waals surface area contributed by atoms with E-state index in [1.54, 1.807) is 0 Å². The Balaban J connectivity index is 1.81. The van der Waals surface area contributed by atoms with E-state index < -0.39 is 0 Å². The highest BCUT2D eigenvalue weighted by atomic mass is 14.2. The molecule has 0 aliphatic heterocycles. The fourth-order valence-corrected chi connectivity index (χ4v) is 2.23. The van der Waals surface area contributed by atoms with Crippen molar-refractivity contribution in [3.05, 3.63) is 77.9 Å². The molecular formula is C16H14. The highest BCUT2D eigenvalue weighted by molar-refractivity contribution is 5.73. The molecule has 2 aromatic rings. The molecule has 1 aliphatic carbocycles. The van der Waals surface area contributed by atoms with Crippen LogP contribution >= 0.6 is 0 Å². The molecule has 0 amide bonds. The first-order valence-corrected chi connectivity index (χ1v) is 5.74. The fraction of sp³-hybridized carbons (Fsp3) is 0.125. The van der Waals surface area contributed by atoms with E-state index in [9.17, 15) is 0 Å². The maximum Gasteiger partial charge on any atom is 0.00645 e. The van der Waals surface area contributed by atoms with E-state index in [-0.39, 0.29) is 0 Å². The summed E-state index contributed by atoms with van der Waals surface area (Å²) in [4.78, 5) is 0. The van der Waals surface area contributed by atoms with Crippen LogP contribution in [-0.2, 0) is 0 Å². The van der Waals surface area contributed by atoms with Gasteiger partial charge in [0.2, 0.25) is 0 Å². The van der Waals surface area contributed by atoms with Crippen molar-refractivity contribution < 1.29 is 0 Å². The summed E-state index contributed by atoms with van der Waals surface area (Å²) < 4.78 is 0. The van der Waals surface area contributed by atoms with Crippen molar-refractivity contribution in [1.29, 1.82) is 0 Å². The molecular weight excluding hydrogens is 192 g/mol. The predicted octanol–water partition coefficient (Wildman–Crippen LogP) is 4.26. The van der Waals surface area contributed by atoms with Gasteiger partial charge in [0.15, 0.2) is 0 Å². The lowest BCUT2D eigenvalue weighted by Gasteiger charge is -2.26. The van der Waals surface area contributed by atoms with E-state index in [2.05, 4.69) is 66.7 Å². The summed E-state index contributed by atoms with van der Waals surface area (Å²) in [7, 11) is 0. The number of hydrogen-bond acceptors (Lipinski definition) is 0. The summed E-state index contributed by atoms with van der Waals surface area (Å²) in [5.74, 6) is 0.622. The van der Waals surface area contributed by atoms with Crippen LogP contribution < -0.4 is 0 Å². The number of rotatable bonds is 2. The third-order valence-electron chi connectivity index (χ3n) is 3.21. The Morgan fingerprint density at radius 2 is 1.31 bits per heavy atom. The van der Waals surface area contributed by atoms with Gasteiger partial charge in [0.05, 0.1) is 0 Å². The Morgan fingerprint density at radius 3 is 1.94 bits per heavy atom. The quantitative estimate of drug-likeness (QED) is 0.688. The number of hydrogen-bond donors (Lipinski definition) is 0. The first kappa shape index (κ1) is 9.41. The van der Waals surface area contributed by atoms with Gasteiger partial charge in [0.1, 0.15) is 0 Å². The van der Waals surface area contributed by atoms with Gasteiger partial charge in [0, 0.05) is 5.92 Å². The summed E-state index contributed by atoms with van der Waals surface area (Å²) in [5.41, 5.74) is 4.28. The third kappa shape index (κ3) is 1.67. The molecule has 0 heteroatoms. The molecule has 0 aromatic heterocycles. The molecule has 0 N–H and O–H groups in total. The molecule has 0 heterocycles. The Morgan fingerprint density at radius 1 is 0.750 bits per heavy atom. The van der Waals surface area contributed by atoms with Crippen LogP contribution in [0.15, 0.2) is 66.7 Å². The minimum atomic E-state index is 0.622. The summed E-state index contributed by atoms with van der Waals surface area (Å²) in [5, 5.41) is 0. The van der Waals surface area contributed by atoms with Gasteiger partial charge < -0.3 is 0 Å². The van der Waals surface area contributed by atoms with Crippen LogP contribution in [0.25, 0.3) is 5.57 Å². The molecule has 0 saturated carbocycles. The minimum Gasteiger partial charge on any atom is -0.0728 e. The smallest absolute Gasteiger partial charge is 0.00645 e. The van der Waals surface area contributed by atoms with Crippen molar-refractivity contribution in [2.75, 3.05) is 0 Å². The van der Waals surface area contributed by atoms with Crippen molar-refractivity contribution in [3.63, 3.8) is 0 Å². The van der Waals surface area contributed by atoms with E-state index in [0.29, 0.717) is 5.92 Å². The van der Waals surface area contributed by atoms with Gasteiger partial charge in [0.25, 0.3) is 0 Å². The maximum atomic E-state index is 2.38. The van der Waals surface area contributed by atoms with Gasteiger partial charge in [-0.05, 0) is 23.1 Å². The third-order valence-corrected chi connectivity index (χ3v) is 3.21. The van der Waals surface area contributed by atoms with E-state index in [0.717, 1.165) is 0 Å². The normalized spacial score (nSPS) is 18.8. The van der Waals surface area contributed by atoms with Crippen molar-refractivity contribution >= 4 is 5.57 Å². The van der Waals surface area contributed by atoms with Crippen LogP contribution in [0, 0.1) is 0 Å². The van der Waals surface area contributed by atoms with Crippen LogP contribution in [0.3, 0.4) is 0 Å². The fourth-order valence-electron chi connectivity index (χ4n) is 2.23. The summed E-state index contributed by atoms with van der Waals surface area (Å²) in [6.45, 7) is 0. The topological polar surface area (TPSA) is 0 Å². The molecule has 78 valence electrons. The van der Waals surface area contributed by atoms with E-state index in [4.69, 9.17) is 0 Å². The maximum absolute atomic E-state index is 2.38. The molecule has 0 saturated heterocycles. The standard InChI is InChI=1S/C16H14/c1-3-7-13(8-4-1)15-11-16(12-15)14-9-5-2-6-10-14/h1-11,15H,12H2. The van der Waals surface area contributed by atoms with Crippen molar-refractivity contribution in [3.8, 4) is 0 Å². The average Bonchev–Trinajstić information content (AvgIpc) is 2.30. The first-order valence-electron chi connectivity index (χ1n) is 5.74. The van der Waals surface area contributed by atoms with E-state index in [1.807, 2.05) is 0 Å². The molecule has 3 rings (SSSR count). The van der Waals surface area contributed by atoms with Gasteiger partial charge in [-0.15, -0.1) is 0 Å². The minimum absolute atomic E-state index is 0.622. The molecule has 0 nitrogen and oxygen atoms in total. The molecule has 2 aromatic carbocycles. The molecule has 0 radical (unpaired) electrons. The molecule has 1 unspecified atom stereocenters. The zero-order valence-corrected chi connectivity index (χ0v) is 9.14. The molecule has 16 heavy (non-hydrogen) atoms. The van der Waals surface area contributed by atoms with Gasteiger partial charge >= 0.3 is 0 Å². The lowest BCUT2D eigenvalue weighted by molar-refractivity contribution is 0.815. The Labute approximate surface area is 96.3 Å². The average molecular weight is 206 g/mol. The van der Waals surface area contributed by atoms with Gasteiger partial charge in [-0.25, -0.2) is 0 Å². The van der Waals surface area contributed by atoms with Gasteiger partial charge in [-0.2, -0.15) is 0 Å². The predicted molar refractivity (Wildman–Crippen MR) is 68.2 cm³/mol. The van der Waals surface area contributed by atoms with Crippen LogP contribution in [0.4, 0.5) is 0 Å². The second-order valence-corrected chi connectivity index (χ2v) is 4.28. The zero-order valence-electron chi connectivity index (χ0n) is 9.14. The Bertz CT molecular complexity index is 494. The SMILES string of the molecule is C1=C(c2ccccc2)CC1c1ccccc1. The molecule has 1 atom stereocenters. The lowest BCUT2D eigenvalue weighted by atomic mass is 9.78. The van der Waals surface area contributed by atoms with E-state index >= 15 is 0 Å². The largest absolute Gasteiger partial charge is 0.0728 e.